The molecule has 7 N–H and O–H groups in total. The maximum absolute atomic E-state index is 13.5. The maximum atomic E-state index is 13.5. The zero-order valence-electron chi connectivity index (χ0n) is 59.2. The zero-order valence-corrected chi connectivity index (χ0v) is 59.2. The molecule has 0 amide bonds. The lowest BCUT2D eigenvalue weighted by molar-refractivity contribution is 0.101. The van der Waals surface area contributed by atoms with Crippen molar-refractivity contribution in [3.8, 4) is 0 Å². The predicted molar refractivity (Wildman–Crippen MR) is 388 cm³/mol. The van der Waals surface area contributed by atoms with Crippen LogP contribution in [0.4, 0.5) is 0 Å². The minimum atomic E-state index is -0.416. The van der Waals surface area contributed by atoms with E-state index in [1.54, 1.807) is 76.4 Å². The van der Waals surface area contributed by atoms with Gasteiger partial charge in [0.05, 0.1) is 21.4 Å². The number of ketones is 4. The van der Waals surface area contributed by atoms with Crippen molar-refractivity contribution in [1.29, 1.82) is 0 Å². The number of hydrogen-bond donors (Lipinski definition) is 7. The minimum Gasteiger partial charge on any atom is -0.507 e. The van der Waals surface area contributed by atoms with E-state index in [-0.39, 0.29) is 135 Å². The summed E-state index contributed by atoms with van der Waals surface area (Å²) in [5, 5.41) is 78.6. The summed E-state index contributed by atoms with van der Waals surface area (Å²) in [5.74, 6) is -1.21. The second-order valence-corrected chi connectivity index (χ2v) is 26.8. The summed E-state index contributed by atoms with van der Waals surface area (Å²) in [6.07, 6.45) is 9.72. The van der Waals surface area contributed by atoms with Gasteiger partial charge in [-0.2, -0.15) is 5.21 Å². The lowest BCUT2D eigenvalue weighted by Crippen LogP contribution is -2.39. The summed E-state index contributed by atoms with van der Waals surface area (Å²) in [6.45, 7) is 27.8. The highest BCUT2D eigenvalue weighted by atomic mass is 16.3. The van der Waals surface area contributed by atoms with Gasteiger partial charge in [-0.25, -0.2) is 19.9 Å². The van der Waals surface area contributed by atoms with Crippen molar-refractivity contribution in [2.45, 2.75) is 145 Å². The Balaban J connectivity index is 0.000000139. The van der Waals surface area contributed by atoms with Crippen LogP contribution >= 0.6 is 0 Å². The smallest absolute Gasteiger partial charge is 0.251 e. The Labute approximate surface area is 593 Å². The zero-order chi connectivity index (χ0) is 75.2. The number of aromatic amines is 1. The molecule has 9 heterocycles. The van der Waals surface area contributed by atoms with Crippen molar-refractivity contribution >= 4 is 72.5 Å². The number of carbonyl (C=O) groups is 4. The number of aryl methyl sites for hydroxylation is 9. The molecule has 9 aromatic heterocycles. The standard InChI is InChI=1S/C23H26N2O3.C19H20N2O4.C18H16N6O3.C18H18N2O4/c1-13-11-15(3)24-20-18(13)22(27)19-14(2)12-17(26)25(21(19)23(20)28)16-9-7-5-4-6-8-10-16;1-10-8-11(2)20-16-14(10)18(24)15-12(6-4-5-7-22)9-13(23)21(3)17(15)19(16)25;1-8-6-10(3)19-15-13(8)17(26)14-9(2)7-12(25)24(16(14)18(15)27)5-4-11-20-22-23-21-11;1-9-7-11(3)19-15-13(9)17(23)14-10(2)8-12(22)20(5-4-6-21)16(14)18(15)24/h11-12,16,27H,3-10H2,1-2H3;8-9,22,24H,2,4-7H2,1,3H3;6-7,26H,3-5H2,1-2H3,(H,20,21,22,23);7-8,21,23H,3-6H2,1-2H3. The average Bonchev–Trinajstić information content (AvgIpc) is 0.764. The van der Waals surface area contributed by atoms with Gasteiger partial charge in [0, 0.05) is 113 Å². The van der Waals surface area contributed by atoms with Crippen molar-refractivity contribution in [2.24, 2.45) is 7.05 Å². The van der Waals surface area contributed by atoms with Crippen molar-refractivity contribution in [1.82, 2.24) is 58.8 Å². The second kappa shape index (κ2) is 29.7. The van der Waals surface area contributed by atoms with Gasteiger partial charge in [0.2, 0.25) is 23.1 Å². The number of carbonyl (C=O) groups excluding carboxylic acids is 4. The molecule has 0 aromatic carbocycles. The Morgan fingerprint density at radius 3 is 1.24 bits per heavy atom. The van der Waals surface area contributed by atoms with E-state index in [4.69, 9.17) is 10.2 Å². The number of aromatic nitrogens is 12. The van der Waals surface area contributed by atoms with E-state index in [0.717, 1.165) is 44.1 Å². The molecule has 1 fully saturated rings. The van der Waals surface area contributed by atoms with Gasteiger partial charge in [-0.15, -0.1) is 10.2 Å². The fourth-order valence-corrected chi connectivity index (χ4v) is 14.8. The van der Waals surface area contributed by atoms with E-state index in [2.05, 4.69) is 66.9 Å². The molecule has 0 saturated heterocycles. The summed E-state index contributed by atoms with van der Waals surface area (Å²) in [6, 6.07) is 12.6. The Bertz CT molecular complexity index is 5920. The quantitative estimate of drug-likeness (QED) is 0.0912. The SMILES string of the molecule is C=c1cc(C)c2c(n1)C(=O)c1c(c(C)cc(=O)n1C1CCCCCCC1)C=2O.C=c1cc(C)c2c(n1)C(=O)c1c(c(C)cc(=O)n1CCCO)C=2O.C=c1cc(C)c2c(n1)C(=O)c1c(c(C)cc(=O)n1CCc1nn[nH]n1)C=2O.C=c1cc(C)c2c(n1)C(=O)c1c(c(CCCCO)cc(=O)n1C)C=2O. The number of hydrogen-bond acceptors (Lipinski definition) is 21. The summed E-state index contributed by atoms with van der Waals surface area (Å²) in [5.41, 5.74) is 6.75. The third kappa shape index (κ3) is 13.4. The van der Waals surface area contributed by atoms with Gasteiger partial charge >= 0.3 is 0 Å². The van der Waals surface area contributed by atoms with Crippen LogP contribution in [0.5, 0.6) is 0 Å². The molecule has 26 heteroatoms. The van der Waals surface area contributed by atoms with E-state index in [1.807, 2.05) is 6.92 Å². The number of aliphatic hydroxyl groups excluding tert-OH is 6. The topological polar surface area (TPSA) is 384 Å². The Hall–Kier alpha value is -11.8. The summed E-state index contributed by atoms with van der Waals surface area (Å²) in [4.78, 5) is 120. The van der Waals surface area contributed by atoms with Gasteiger partial charge in [0.15, 0.2) is 5.82 Å². The molecule has 0 radical (unpaired) electrons. The molecule has 0 atom stereocenters. The number of tetrazole rings is 1. The Morgan fingerprint density at radius 2 is 0.817 bits per heavy atom. The molecule has 0 unspecified atom stereocenters. The van der Waals surface area contributed by atoms with Crippen LogP contribution in [0.3, 0.4) is 0 Å². The van der Waals surface area contributed by atoms with Gasteiger partial charge in [-0.05, 0) is 156 Å². The highest BCUT2D eigenvalue weighted by molar-refractivity contribution is 6.14. The van der Waals surface area contributed by atoms with Gasteiger partial charge in [0.25, 0.3) is 22.2 Å². The summed E-state index contributed by atoms with van der Waals surface area (Å²) < 4.78 is 5.51. The fraction of sp³-hybridized carbons (Fsp3) is 0.321. The van der Waals surface area contributed by atoms with E-state index < -0.39 is 11.6 Å². The van der Waals surface area contributed by atoms with E-state index >= 15 is 0 Å². The van der Waals surface area contributed by atoms with Crippen LogP contribution < -0.4 is 64.5 Å². The molecule has 0 spiro atoms. The predicted octanol–water partition coefficient (Wildman–Crippen LogP) is 2.08. The van der Waals surface area contributed by atoms with Gasteiger partial charge in [-0.1, -0.05) is 63.6 Å². The monoisotopic (exact) mass is 1410 g/mol. The molecular weight excluding hydrogens is 1330 g/mol. The number of aliphatic hydroxyl groups is 6. The van der Waals surface area contributed by atoms with Crippen LogP contribution in [0.1, 0.15) is 208 Å². The van der Waals surface area contributed by atoms with Gasteiger partial charge < -0.3 is 48.9 Å². The van der Waals surface area contributed by atoms with Crippen LogP contribution in [0, 0.1) is 48.5 Å². The molecular formula is C78H80N12O14. The normalized spacial score (nSPS) is 14.2. The largest absolute Gasteiger partial charge is 0.507 e. The molecule has 1 saturated carbocycles. The molecule has 5 aliphatic carbocycles. The lowest BCUT2D eigenvalue weighted by Gasteiger charge is -2.28. The third-order valence-corrected chi connectivity index (χ3v) is 19.5. The lowest BCUT2D eigenvalue weighted by atomic mass is 9.90. The third-order valence-electron chi connectivity index (χ3n) is 19.5. The number of fused-ring (bicyclic) bond motifs is 8. The van der Waals surface area contributed by atoms with E-state index in [0.29, 0.717) is 141 Å². The summed E-state index contributed by atoms with van der Waals surface area (Å²) >= 11 is 0. The van der Waals surface area contributed by atoms with Crippen LogP contribution in [-0.4, -0.2) is 126 Å². The van der Waals surface area contributed by atoms with Crippen LogP contribution in [0.15, 0.2) is 67.7 Å². The highest BCUT2D eigenvalue weighted by Gasteiger charge is 2.37. The van der Waals surface area contributed by atoms with Gasteiger partial charge in [-0.3, -0.25) is 38.4 Å². The van der Waals surface area contributed by atoms with Crippen LogP contribution in [0.2, 0.25) is 0 Å². The number of unbranched alkanes of at least 4 members (excludes halogenated alkanes) is 1. The summed E-state index contributed by atoms with van der Waals surface area (Å²) in [7, 11) is 1.51. The minimum absolute atomic E-state index is 0.0236. The molecule has 0 bridgehead atoms. The first-order chi connectivity index (χ1) is 49.5. The first-order valence-corrected chi connectivity index (χ1v) is 34.2. The first kappa shape index (κ1) is 73.4. The highest BCUT2D eigenvalue weighted by Crippen LogP contribution is 2.33. The molecule has 14 rings (SSSR count). The van der Waals surface area contributed by atoms with Crippen molar-refractivity contribution in [2.75, 3.05) is 13.2 Å². The molecule has 5 aliphatic rings. The molecule has 26 nitrogen and oxygen atoms in total. The van der Waals surface area contributed by atoms with Crippen molar-refractivity contribution in [3.63, 3.8) is 0 Å². The Morgan fingerprint density at radius 1 is 0.433 bits per heavy atom. The molecule has 104 heavy (non-hydrogen) atoms. The molecule has 536 valence electrons. The number of rotatable bonds is 11. The van der Waals surface area contributed by atoms with Crippen molar-refractivity contribution < 1.29 is 49.8 Å². The molecule has 9 aromatic rings. The Kier molecular flexibility index (Phi) is 21.0. The number of nitrogens with one attached hydrogen (secondary N) is 1. The van der Waals surface area contributed by atoms with Crippen LogP contribution in [0.25, 0.3) is 49.4 Å². The number of nitrogens with zero attached hydrogens (tertiary/aromatic N) is 11. The average molecular weight is 1410 g/mol. The van der Waals surface area contributed by atoms with Gasteiger partial charge in [0.1, 0.15) is 68.6 Å². The number of pyridine rings is 8. The second-order valence-electron chi connectivity index (χ2n) is 26.8. The number of H-pyrrole nitrogens is 1. The first-order valence-electron chi connectivity index (χ1n) is 34.2. The van der Waals surface area contributed by atoms with E-state index in [9.17, 15) is 58.8 Å². The van der Waals surface area contributed by atoms with E-state index in [1.165, 1.54) is 45.4 Å². The van der Waals surface area contributed by atoms with Crippen molar-refractivity contribution in [3.05, 3.63) is 250 Å². The van der Waals surface area contributed by atoms with Crippen LogP contribution in [-0.2, 0) is 33.0 Å². The maximum Gasteiger partial charge on any atom is 0.251 e. The molecule has 0 aliphatic heterocycles. The fourth-order valence-electron chi connectivity index (χ4n) is 14.8.